The van der Waals surface area contributed by atoms with Crippen molar-refractivity contribution in [2.45, 2.75) is 68.5 Å². The quantitative estimate of drug-likeness (QED) is 0.519. The molecule has 1 aromatic rings. The second-order valence-electron chi connectivity index (χ2n) is 9.83. The molecule has 3 saturated heterocycles. The molecule has 3 aliphatic rings. The first-order chi connectivity index (χ1) is 16.1. The lowest BCUT2D eigenvalue weighted by Gasteiger charge is -2.39. The molecule has 2 amide bonds. The van der Waals surface area contributed by atoms with E-state index in [0.29, 0.717) is 23.6 Å². The summed E-state index contributed by atoms with van der Waals surface area (Å²) < 4.78 is 4.16. The number of fused-ring (bicyclic) bond motifs is 1. The molecule has 0 aromatic heterocycles. The average Bonchev–Trinajstić information content (AvgIpc) is 3.37. The molecule has 2 unspecified atom stereocenters. The highest BCUT2D eigenvalue weighted by molar-refractivity contribution is 8.02. The second kappa shape index (κ2) is 9.36. The van der Waals surface area contributed by atoms with Gasteiger partial charge in [0.1, 0.15) is 6.04 Å². The number of halogens is 1. The summed E-state index contributed by atoms with van der Waals surface area (Å²) in [6.45, 7) is 7.70. The van der Waals surface area contributed by atoms with Crippen molar-refractivity contribution in [3.8, 4) is 0 Å². The van der Waals surface area contributed by atoms with Gasteiger partial charge in [-0.3, -0.25) is 14.4 Å². The third-order valence-corrected chi connectivity index (χ3v) is 10.3. The molecular weight excluding hydrogens is 476 g/mol. The van der Waals surface area contributed by atoms with E-state index in [4.69, 9.17) is 16.3 Å². The normalized spacial score (nSPS) is 33.5. The molecule has 2 bridgehead atoms. The maximum atomic E-state index is 14.1. The molecule has 7 atom stereocenters. The summed E-state index contributed by atoms with van der Waals surface area (Å²) in [4.78, 5) is 42.7. The van der Waals surface area contributed by atoms with Gasteiger partial charge in [-0.25, -0.2) is 0 Å². The number of ether oxygens (including phenoxy) is 1. The van der Waals surface area contributed by atoms with Gasteiger partial charge in [0.2, 0.25) is 11.8 Å². The van der Waals surface area contributed by atoms with Crippen molar-refractivity contribution in [3.63, 3.8) is 0 Å². The van der Waals surface area contributed by atoms with Gasteiger partial charge in [0.25, 0.3) is 0 Å². The van der Waals surface area contributed by atoms with Gasteiger partial charge in [-0.05, 0) is 44.7 Å². The number of nitrogens with zero attached hydrogens (tertiary/aromatic N) is 1. The predicted octanol–water partition coefficient (Wildman–Crippen LogP) is 3.73. The van der Waals surface area contributed by atoms with Crippen LogP contribution in [-0.2, 0) is 19.1 Å². The smallest absolute Gasteiger partial charge is 0.311 e. The number of para-hydroxylation sites is 1. The van der Waals surface area contributed by atoms with E-state index in [2.05, 4.69) is 5.32 Å². The molecule has 1 spiro atoms. The summed E-state index contributed by atoms with van der Waals surface area (Å²) in [5, 5.41) is 13.7. The third-order valence-electron chi connectivity index (χ3n) is 7.98. The van der Waals surface area contributed by atoms with Crippen molar-refractivity contribution >= 4 is 46.8 Å². The fraction of sp³-hybridized carbons (Fsp3) is 0.640. The lowest BCUT2D eigenvalue weighted by molar-refractivity contribution is -0.155. The number of esters is 1. The molecule has 34 heavy (non-hydrogen) atoms. The summed E-state index contributed by atoms with van der Waals surface area (Å²) >= 11 is 7.89. The number of amides is 2. The molecule has 0 saturated carbocycles. The first-order valence-corrected chi connectivity index (χ1v) is 13.2. The Kier molecular flexibility index (Phi) is 6.97. The van der Waals surface area contributed by atoms with Crippen LogP contribution >= 0.6 is 23.4 Å². The molecule has 4 rings (SSSR count). The first kappa shape index (κ1) is 25.3. The largest absolute Gasteiger partial charge is 0.466 e. The van der Waals surface area contributed by atoms with Gasteiger partial charge < -0.3 is 20.1 Å². The Hall–Kier alpha value is -1.77. The monoisotopic (exact) mass is 508 g/mol. The average molecular weight is 509 g/mol. The minimum atomic E-state index is -0.835. The van der Waals surface area contributed by atoms with Gasteiger partial charge in [-0.2, -0.15) is 0 Å². The molecule has 3 heterocycles. The van der Waals surface area contributed by atoms with Gasteiger partial charge in [0.15, 0.2) is 0 Å². The standard InChI is InChI=1S/C25H33ClN2O5S/c1-5-14(3)17(13-29)28-20(21(30)27-16-10-8-7-9-15(16)26)25-12-11-24(4,34-25)19(18(25)22(28)31)23(32)33-6-2/h7-10,14,17-20,29H,5-6,11-13H2,1-4H3,(H,27,30)/t14-,17-,18-,19-,20?,24+,25?/m0/s1. The van der Waals surface area contributed by atoms with Crippen molar-refractivity contribution in [1.29, 1.82) is 0 Å². The number of hydrogen-bond donors (Lipinski definition) is 2. The number of carbonyl (C=O) groups excluding carboxylic acids is 3. The molecular formula is C25H33ClN2O5S. The van der Waals surface area contributed by atoms with E-state index in [1.165, 1.54) is 0 Å². The zero-order valence-corrected chi connectivity index (χ0v) is 21.6. The van der Waals surface area contributed by atoms with Crippen molar-refractivity contribution in [3.05, 3.63) is 29.3 Å². The minimum absolute atomic E-state index is 0.0291. The number of rotatable bonds is 8. The number of nitrogens with one attached hydrogen (secondary N) is 1. The number of benzene rings is 1. The highest BCUT2D eigenvalue weighted by Gasteiger charge is 2.78. The number of thioether (sulfide) groups is 1. The summed E-state index contributed by atoms with van der Waals surface area (Å²) in [6, 6.07) is 5.61. The van der Waals surface area contributed by atoms with E-state index in [1.54, 1.807) is 47.9 Å². The Morgan fingerprint density at radius 2 is 2.03 bits per heavy atom. The third kappa shape index (κ3) is 3.73. The van der Waals surface area contributed by atoms with Gasteiger partial charge in [0.05, 0.1) is 46.5 Å². The topological polar surface area (TPSA) is 95.9 Å². The highest BCUT2D eigenvalue weighted by Crippen LogP contribution is 2.71. The molecule has 0 aliphatic carbocycles. The van der Waals surface area contributed by atoms with Crippen LogP contribution in [0.15, 0.2) is 24.3 Å². The molecule has 3 fully saturated rings. The van der Waals surface area contributed by atoms with Gasteiger partial charge in [-0.1, -0.05) is 44.0 Å². The van der Waals surface area contributed by atoms with Crippen LogP contribution in [0.5, 0.6) is 0 Å². The van der Waals surface area contributed by atoms with Crippen LogP contribution in [0.2, 0.25) is 5.02 Å². The van der Waals surface area contributed by atoms with Gasteiger partial charge >= 0.3 is 5.97 Å². The van der Waals surface area contributed by atoms with Crippen LogP contribution in [0.3, 0.4) is 0 Å². The summed E-state index contributed by atoms with van der Waals surface area (Å²) in [5.41, 5.74) is 0.469. The maximum absolute atomic E-state index is 14.1. The van der Waals surface area contributed by atoms with E-state index in [-0.39, 0.29) is 36.9 Å². The minimum Gasteiger partial charge on any atom is -0.466 e. The highest BCUT2D eigenvalue weighted by atomic mass is 35.5. The molecule has 3 aliphatic heterocycles. The summed E-state index contributed by atoms with van der Waals surface area (Å²) in [6.07, 6.45) is 2.08. The Morgan fingerprint density at radius 3 is 2.65 bits per heavy atom. The molecule has 7 nitrogen and oxygen atoms in total. The Labute approximate surface area is 209 Å². The predicted molar refractivity (Wildman–Crippen MR) is 133 cm³/mol. The Bertz CT molecular complexity index is 992. The second-order valence-corrected chi connectivity index (χ2v) is 12.1. The summed E-state index contributed by atoms with van der Waals surface area (Å²) in [7, 11) is 0. The van der Waals surface area contributed by atoms with Gasteiger partial charge in [0, 0.05) is 4.75 Å². The van der Waals surface area contributed by atoms with Crippen LogP contribution in [0.25, 0.3) is 0 Å². The van der Waals surface area contributed by atoms with Crippen molar-refractivity contribution in [2.24, 2.45) is 17.8 Å². The number of likely N-dealkylation sites (tertiary alicyclic amines) is 1. The zero-order chi connectivity index (χ0) is 24.8. The van der Waals surface area contributed by atoms with E-state index in [9.17, 15) is 19.5 Å². The molecule has 186 valence electrons. The molecule has 1 aromatic carbocycles. The SMILES string of the molecule is CCOC(=O)[C@@H]1[C@H]2C(=O)N([C@@H](CO)[C@@H](C)CC)C(C(=O)Nc3ccccc3Cl)C23CC[C@@]1(C)S3. The lowest BCUT2D eigenvalue weighted by Crippen LogP contribution is -2.56. The molecule has 0 radical (unpaired) electrons. The van der Waals surface area contributed by atoms with E-state index in [1.807, 2.05) is 20.8 Å². The number of hydrogen-bond acceptors (Lipinski definition) is 6. The first-order valence-electron chi connectivity index (χ1n) is 12.0. The lowest BCUT2D eigenvalue weighted by atomic mass is 9.66. The van der Waals surface area contributed by atoms with Crippen LogP contribution in [0.1, 0.15) is 47.0 Å². The van der Waals surface area contributed by atoms with Crippen LogP contribution in [-0.4, -0.2) is 62.6 Å². The number of aliphatic hydroxyl groups excluding tert-OH is 1. The van der Waals surface area contributed by atoms with Crippen LogP contribution in [0.4, 0.5) is 5.69 Å². The zero-order valence-electron chi connectivity index (χ0n) is 20.0. The fourth-order valence-corrected chi connectivity index (χ4v) is 8.70. The van der Waals surface area contributed by atoms with Crippen molar-refractivity contribution in [2.75, 3.05) is 18.5 Å². The van der Waals surface area contributed by atoms with E-state index < -0.39 is 33.4 Å². The Balaban J connectivity index is 1.81. The summed E-state index contributed by atoms with van der Waals surface area (Å²) in [5.74, 6) is -2.29. The number of aliphatic hydroxyl groups is 1. The molecule has 2 N–H and O–H groups in total. The van der Waals surface area contributed by atoms with E-state index >= 15 is 0 Å². The number of carbonyl (C=O) groups is 3. The van der Waals surface area contributed by atoms with Crippen molar-refractivity contribution < 1.29 is 24.2 Å². The van der Waals surface area contributed by atoms with Crippen LogP contribution in [0, 0.1) is 17.8 Å². The molecule has 9 heteroatoms. The fourth-order valence-electron chi connectivity index (χ4n) is 6.19. The van der Waals surface area contributed by atoms with Crippen molar-refractivity contribution in [1.82, 2.24) is 4.90 Å². The Morgan fingerprint density at radius 1 is 1.32 bits per heavy atom. The number of anilines is 1. The van der Waals surface area contributed by atoms with E-state index in [0.717, 1.165) is 6.42 Å². The van der Waals surface area contributed by atoms with Gasteiger partial charge in [-0.15, -0.1) is 11.8 Å². The maximum Gasteiger partial charge on any atom is 0.311 e. The van der Waals surface area contributed by atoms with Crippen LogP contribution < -0.4 is 5.32 Å².